The third-order valence-electron chi connectivity index (χ3n) is 16.9. The highest BCUT2D eigenvalue weighted by Gasteiger charge is 2.45. The smallest absolute Gasteiger partial charge is 0.303 e. The summed E-state index contributed by atoms with van der Waals surface area (Å²) >= 11 is 0. The number of unbranched alkanes of at least 4 members (excludes halogenated alkanes) is 2. The molecule has 2 aliphatic heterocycles. The first-order chi connectivity index (χ1) is 45.1. The number of carbonyl (C=O) groups excluding carboxylic acids is 7. The summed E-state index contributed by atoms with van der Waals surface area (Å²) in [7, 11) is -4.55. The number of aliphatic carboxylic acids is 5. The lowest BCUT2D eigenvalue weighted by Gasteiger charge is -2.25. The molecule has 2 aromatic rings. The van der Waals surface area contributed by atoms with Crippen molar-refractivity contribution in [2.24, 2.45) is 11.8 Å². The number of Topliss-reactive ketones (excluding diaryl/α,β-unsaturated/α-hetero) is 4. The van der Waals surface area contributed by atoms with Gasteiger partial charge in [0.05, 0.1) is 28.4 Å². The second-order valence-corrected chi connectivity index (χ2v) is 26.6. The normalized spacial score (nSPS) is 16.0. The van der Waals surface area contributed by atoms with Gasteiger partial charge in [-0.3, -0.25) is 62.1 Å². The lowest BCUT2D eigenvalue weighted by Crippen LogP contribution is -2.48. The SMILES string of the molecule is CCN1C(=CC=CC=CC=CC2=[N+](CCCCCC(=O)N[C@H](CCC(=O)O)C(=O)C[C@H](CCC(=O)O)C(=O)N[C@H](CCC(=O)O)C(=O)C[C@H](CCC(=O)O)C(=O)N[C@H](CCC(=O)O)C(=O)CCCOCC(C)=O)c3ccc(S(=O)(=O)O)cc3C2(C)C)C(C)(C)c2cc(C)ccc21. The molecule has 0 aromatic heterocycles. The quantitative estimate of drug-likeness (QED) is 0.0135. The Kier molecular flexibility index (Phi) is 31.1. The van der Waals surface area contributed by atoms with Gasteiger partial charge in [-0.1, -0.05) is 61.9 Å². The van der Waals surface area contributed by atoms with Crippen LogP contribution in [0, 0.1) is 18.8 Å². The number of rotatable bonds is 45. The first-order valence-electron chi connectivity index (χ1n) is 32.1. The average Bonchev–Trinajstić information content (AvgIpc) is 1.61. The molecule has 2 aromatic carbocycles. The standard InChI is InChI=1S/C69H91N5O21S/c1-8-73-53-29-22-43(2)38-48(53)68(4,5)58(73)19-13-10-9-11-14-20-59-69(6,7)49-41-47(96(92,93)94)25-30-54(49)74(59)36-16-12-15-21-60(79)70-51(27-34-64(86)87)56(77)39-45(23-31-61(80)81)67(91)72-52(28-35-65(88)89)57(78)40-46(24-32-62(82)83)66(90)71-50(26-33-63(84)85)55(76)18-17-37-95-42-44(3)75/h9-11,13-14,19-20,22,25,29-30,38,41,45-46,50-52H,8,12,15-18,21,23-24,26-28,31-37,39-40,42H2,1-7H3,(H8-,70,71,72,79,80,81,82,83,84,85,86,87,88,89,90,91,92,93,94)/p+1/t45-,46-,50+,51+,52+/m0/s1. The minimum Gasteiger partial charge on any atom is -0.481 e. The zero-order chi connectivity index (χ0) is 71.7. The lowest BCUT2D eigenvalue weighted by molar-refractivity contribution is -0.438. The largest absolute Gasteiger partial charge is 0.481 e. The van der Waals surface area contributed by atoms with Crippen molar-refractivity contribution in [2.45, 2.75) is 198 Å². The maximum absolute atomic E-state index is 14.1. The van der Waals surface area contributed by atoms with Crippen LogP contribution in [0.25, 0.3) is 0 Å². The number of carboxylic acid groups (broad SMARTS) is 5. The van der Waals surface area contributed by atoms with Gasteiger partial charge in [0.15, 0.2) is 28.8 Å². The molecule has 3 amide bonds. The van der Waals surface area contributed by atoms with Crippen LogP contribution >= 0.6 is 0 Å². The van der Waals surface area contributed by atoms with Gasteiger partial charge < -0.3 is 51.1 Å². The Balaban J connectivity index is 1.49. The number of aryl methyl sites for hydroxylation is 1. The highest BCUT2D eigenvalue weighted by atomic mass is 32.2. The lowest BCUT2D eigenvalue weighted by atomic mass is 9.81. The number of hydrogen-bond donors (Lipinski definition) is 9. The molecule has 524 valence electrons. The number of fused-ring (bicyclic) bond motifs is 2. The molecule has 96 heavy (non-hydrogen) atoms. The Morgan fingerprint density at radius 2 is 1.09 bits per heavy atom. The van der Waals surface area contributed by atoms with Gasteiger partial charge in [-0.25, -0.2) is 0 Å². The van der Waals surface area contributed by atoms with Crippen molar-refractivity contribution in [2.75, 3.05) is 31.2 Å². The summed E-state index contributed by atoms with van der Waals surface area (Å²) in [6.45, 7) is 14.7. The number of ether oxygens (including phenoxy) is 1. The molecule has 0 aliphatic carbocycles. The highest BCUT2D eigenvalue weighted by Crippen LogP contribution is 2.48. The zero-order valence-corrected chi connectivity index (χ0v) is 56.4. The Morgan fingerprint density at radius 3 is 1.61 bits per heavy atom. The minimum atomic E-state index is -4.55. The van der Waals surface area contributed by atoms with Crippen LogP contribution < -0.4 is 20.9 Å². The number of amides is 3. The van der Waals surface area contributed by atoms with E-state index in [9.17, 15) is 96.0 Å². The number of allylic oxidation sites excluding steroid dienone is 8. The predicted molar refractivity (Wildman–Crippen MR) is 352 cm³/mol. The number of hydrogen-bond acceptors (Lipinski definition) is 16. The van der Waals surface area contributed by atoms with Gasteiger partial charge in [0.25, 0.3) is 10.1 Å². The van der Waals surface area contributed by atoms with E-state index < -0.39 is 187 Å². The summed E-state index contributed by atoms with van der Waals surface area (Å²) in [4.78, 5) is 155. The Labute approximate surface area is 559 Å². The fraction of sp³-hybridized carbons (Fsp3) is 0.522. The first kappa shape index (κ1) is 79.6. The topological polar surface area (TPSA) is 412 Å². The fourth-order valence-electron chi connectivity index (χ4n) is 11.7. The maximum Gasteiger partial charge on any atom is 0.303 e. The van der Waals surface area contributed by atoms with Crippen LogP contribution in [0.3, 0.4) is 0 Å². The van der Waals surface area contributed by atoms with E-state index in [1.807, 2.05) is 54.9 Å². The molecule has 0 bridgehead atoms. The number of likely N-dealkylation sites (N-methyl/N-ethyl adjacent to an activating group) is 1. The molecular formula is C69H92N5O21S+. The third-order valence-corrected chi connectivity index (χ3v) is 17.8. The molecular weight excluding hydrogens is 1270 g/mol. The van der Waals surface area contributed by atoms with Crippen LogP contribution in [-0.4, -0.2) is 164 Å². The molecule has 0 saturated heterocycles. The van der Waals surface area contributed by atoms with E-state index in [0.29, 0.717) is 30.6 Å². The number of nitrogens with one attached hydrogen (secondary N) is 3. The van der Waals surface area contributed by atoms with E-state index in [4.69, 9.17) is 4.74 Å². The van der Waals surface area contributed by atoms with Crippen LogP contribution in [-0.2, 0) is 83.2 Å². The molecule has 2 aliphatic rings. The van der Waals surface area contributed by atoms with Crippen LogP contribution in [0.5, 0.6) is 0 Å². The summed E-state index contributed by atoms with van der Waals surface area (Å²) < 4.78 is 41.8. The average molecular weight is 1360 g/mol. The van der Waals surface area contributed by atoms with Crippen LogP contribution in [0.1, 0.15) is 174 Å². The number of ketones is 4. The van der Waals surface area contributed by atoms with E-state index in [2.05, 4.69) is 72.8 Å². The summed E-state index contributed by atoms with van der Waals surface area (Å²) in [5.74, 6) is -15.6. The van der Waals surface area contributed by atoms with Gasteiger partial charge in [-0.05, 0) is 116 Å². The second kappa shape index (κ2) is 37.5. The van der Waals surface area contributed by atoms with Crippen molar-refractivity contribution in [3.63, 3.8) is 0 Å². The van der Waals surface area contributed by atoms with E-state index in [1.165, 1.54) is 41.6 Å². The number of nitrogens with zero attached hydrogens (tertiary/aromatic N) is 2. The van der Waals surface area contributed by atoms with E-state index in [-0.39, 0.29) is 55.0 Å². The number of carbonyl (C=O) groups is 12. The van der Waals surface area contributed by atoms with Crippen molar-refractivity contribution >= 4 is 97.9 Å². The predicted octanol–water partition coefficient (Wildman–Crippen LogP) is 7.43. The summed E-state index contributed by atoms with van der Waals surface area (Å²) in [5, 5.41) is 55.0. The van der Waals surface area contributed by atoms with Gasteiger partial charge in [0.1, 0.15) is 13.2 Å². The Bertz CT molecular complexity index is 3510. The number of benzene rings is 2. The molecule has 4 rings (SSSR count). The maximum atomic E-state index is 14.1. The van der Waals surface area contributed by atoms with Crippen molar-refractivity contribution < 1.29 is 105 Å². The minimum absolute atomic E-state index is 0.0300. The van der Waals surface area contributed by atoms with Crippen molar-refractivity contribution in [1.29, 1.82) is 0 Å². The molecule has 0 fully saturated rings. The van der Waals surface area contributed by atoms with Crippen molar-refractivity contribution in [3.05, 3.63) is 101 Å². The second-order valence-electron chi connectivity index (χ2n) is 25.2. The van der Waals surface area contributed by atoms with Crippen LogP contribution in [0.2, 0.25) is 0 Å². The van der Waals surface area contributed by atoms with E-state index >= 15 is 0 Å². The molecule has 2 heterocycles. The molecule has 26 nitrogen and oxygen atoms in total. The fourth-order valence-corrected chi connectivity index (χ4v) is 12.3. The Hall–Kier alpha value is -8.82. The molecule has 5 atom stereocenters. The van der Waals surface area contributed by atoms with Gasteiger partial charge in [0, 0.05) is 124 Å². The van der Waals surface area contributed by atoms with Gasteiger partial charge in [-0.15, -0.1) is 0 Å². The molecule has 0 spiro atoms. The van der Waals surface area contributed by atoms with Gasteiger partial charge in [0.2, 0.25) is 23.4 Å². The molecule has 0 radical (unpaired) electrons. The molecule has 27 heteroatoms. The number of anilines is 1. The van der Waals surface area contributed by atoms with Crippen LogP contribution in [0.15, 0.2) is 89.5 Å². The highest BCUT2D eigenvalue weighted by molar-refractivity contribution is 7.85. The van der Waals surface area contributed by atoms with Crippen molar-refractivity contribution in [3.8, 4) is 0 Å². The molecule has 0 unspecified atom stereocenters. The van der Waals surface area contributed by atoms with Gasteiger partial charge >= 0.3 is 29.8 Å². The number of carboxylic acids is 5. The van der Waals surface area contributed by atoms with E-state index in [0.717, 1.165) is 12.3 Å². The monoisotopic (exact) mass is 1360 g/mol. The molecule has 0 saturated carbocycles. The third kappa shape index (κ3) is 24.7. The van der Waals surface area contributed by atoms with Crippen molar-refractivity contribution in [1.82, 2.24) is 16.0 Å². The first-order valence-corrected chi connectivity index (χ1v) is 33.5. The van der Waals surface area contributed by atoms with Crippen LogP contribution in [0.4, 0.5) is 11.4 Å². The van der Waals surface area contributed by atoms with E-state index in [1.54, 1.807) is 6.07 Å². The summed E-state index contributed by atoms with van der Waals surface area (Å²) in [6.07, 6.45) is 6.94. The molecule has 9 N–H and O–H groups in total. The summed E-state index contributed by atoms with van der Waals surface area (Å²) in [5.41, 5.74) is 6.03. The zero-order valence-electron chi connectivity index (χ0n) is 55.6. The van der Waals surface area contributed by atoms with Gasteiger partial charge in [-0.2, -0.15) is 13.0 Å². The summed E-state index contributed by atoms with van der Waals surface area (Å²) in [6, 6.07) is 6.20. The Morgan fingerprint density at radius 1 is 0.583 bits per heavy atom.